The lowest BCUT2D eigenvalue weighted by molar-refractivity contribution is 0.731. The SMILES string of the molecule is CNCCCN=C1C=CNC2=CC(C)=CC=CC21. The highest BCUT2D eigenvalue weighted by Crippen LogP contribution is 2.21. The van der Waals surface area contributed by atoms with Crippen LogP contribution in [0.4, 0.5) is 0 Å². The van der Waals surface area contributed by atoms with Gasteiger partial charge >= 0.3 is 0 Å². The summed E-state index contributed by atoms with van der Waals surface area (Å²) in [4.78, 5) is 4.71. The summed E-state index contributed by atoms with van der Waals surface area (Å²) in [6.45, 7) is 4.01. The normalized spacial score (nSPS) is 24.1. The van der Waals surface area contributed by atoms with Crippen LogP contribution >= 0.6 is 0 Å². The molecule has 2 rings (SSSR count). The van der Waals surface area contributed by atoms with E-state index in [1.807, 2.05) is 13.2 Å². The Kier molecular flexibility index (Phi) is 4.53. The maximum Gasteiger partial charge on any atom is 0.0593 e. The fourth-order valence-electron chi connectivity index (χ4n) is 2.14. The average Bonchev–Trinajstić information content (AvgIpc) is 2.55. The zero-order valence-corrected chi connectivity index (χ0v) is 11.1. The molecule has 0 aromatic carbocycles. The average molecular weight is 243 g/mol. The number of nitrogens with one attached hydrogen (secondary N) is 2. The van der Waals surface area contributed by atoms with Gasteiger partial charge in [-0.15, -0.1) is 0 Å². The number of aliphatic imine (C=N–C) groups is 1. The molecule has 3 nitrogen and oxygen atoms in total. The second kappa shape index (κ2) is 6.36. The fourth-order valence-corrected chi connectivity index (χ4v) is 2.14. The summed E-state index contributed by atoms with van der Waals surface area (Å²) >= 11 is 0. The summed E-state index contributed by atoms with van der Waals surface area (Å²) in [5.41, 5.74) is 3.63. The summed E-state index contributed by atoms with van der Waals surface area (Å²) in [5, 5.41) is 6.46. The minimum atomic E-state index is 0.276. The molecule has 0 aromatic heterocycles. The van der Waals surface area contributed by atoms with E-state index in [2.05, 4.69) is 47.9 Å². The van der Waals surface area contributed by atoms with Crippen LogP contribution in [-0.2, 0) is 0 Å². The Morgan fingerprint density at radius 1 is 1.44 bits per heavy atom. The topological polar surface area (TPSA) is 36.4 Å². The lowest BCUT2D eigenvalue weighted by Crippen LogP contribution is -2.26. The Labute approximate surface area is 109 Å². The molecule has 0 radical (unpaired) electrons. The van der Waals surface area contributed by atoms with Gasteiger partial charge < -0.3 is 10.6 Å². The van der Waals surface area contributed by atoms with Crippen molar-refractivity contribution < 1.29 is 0 Å². The molecule has 0 saturated heterocycles. The molecule has 96 valence electrons. The molecule has 0 aromatic rings. The Morgan fingerprint density at radius 2 is 2.33 bits per heavy atom. The lowest BCUT2D eigenvalue weighted by Gasteiger charge is -2.21. The number of rotatable bonds is 4. The van der Waals surface area contributed by atoms with Crippen molar-refractivity contribution in [2.45, 2.75) is 13.3 Å². The quantitative estimate of drug-likeness (QED) is 0.742. The van der Waals surface area contributed by atoms with Gasteiger partial charge in [-0.3, -0.25) is 4.99 Å². The fraction of sp³-hybridized carbons (Fsp3) is 0.400. The Hall–Kier alpha value is -1.61. The minimum Gasteiger partial charge on any atom is -0.364 e. The van der Waals surface area contributed by atoms with Crippen LogP contribution in [0.1, 0.15) is 13.3 Å². The highest BCUT2D eigenvalue weighted by molar-refractivity contribution is 6.01. The minimum absolute atomic E-state index is 0.276. The molecule has 0 amide bonds. The summed E-state index contributed by atoms with van der Waals surface area (Å²) in [7, 11) is 1.97. The molecule has 1 heterocycles. The number of allylic oxidation sites excluding steroid dienone is 6. The Balaban J connectivity index is 2.11. The molecular formula is C15H21N3. The first-order chi connectivity index (χ1) is 8.81. The zero-order chi connectivity index (χ0) is 12.8. The Bertz CT molecular complexity index is 439. The molecule has 1 aliphatic carbocycles. The van der Waals surface area contributed by atoms with Gasteiger partial charge in [0.15, 0.2) is 0 Å². The zero-order valence-electron chi connectivity index (χ0n) is 11.1. The maximum atomic E-state index is 4.71. The molecule has 0 saturated carbocycles. The molecule has 1 unspecified atom stereocenters. The van der Waals surface area contributed by atoms with Crippen molar-refractivity contribution in [2.75, 3.05) is 20.1 Å². The smallest absolute Gasteiger partial charge is 0.0593 e. The summed E-state index contributed by atoms with van der Waals surface area (Å²) in [6, 6.07) is 0. The maximum absolute atomic E-state index is 4.71. The molecule has 18 heavy (non-hydrogen) atoms. The second-order valence-electron chi connectivity index (χ2n) is 4.61. The van der Waals surface area contributed by atoms with Crippen molar-refractivity contribution in [3.63, 3.8) is 0 Å². The number of hydrogen-bond donors (Lipinski definition) is 2. The third-order valence-corrected chi connectivity index (χ3v) is 3.08. The van der Waals surface area contributed by atoms with Gasteiger partial charge in [0.1, 0.15) is 0 Å². The van der Waals surface area contributed by atoms with Crippen LogP contribution in [0.15, 0.2) is 52.8 Å². The van der Waals surface area contributed by atoms with E-state index in [9.17, 15) is 0 Å². The van der Waals surface area contributed by atoms with Gasteiger partial charge in [0.05, 0.1) is 5.92 Å². The van der Waals surface area contributed by atoms with Gasteiger partial charge in [0.2, 0.25) is 0 Å². The molecule has 3 heteroatoms. The molecule has 2 aliphatic rings. The largest absolute Gasteiger partial charge is 0.364 e. The van der Waals surface area contributed by atoms with E-state index < -0.39 is 0 Å². The first-order valence-corrected chi connectivity index (χ1v) is 6.50. The van der Waals surface area contributed by atoms with Crippen LogP contribution in [0.5, 0.6) is 0 Å². The molecule has 0 spiro atoms. The lowest BCUT2D eigenvalue weighted by atomic mass is 9.95. The highest BCUT2D eigenvalue weighted by Gasteiger charge is 2.19. The van der Waals surface area contributed by atoms with Crippen molar-refractivity contribution in [1.29, 1.82) is 0 Å². The number of nitrogens with zero attached hydrogens (tertiary/aromatic N) is 1. The predicted molar refractivity (Wildman–Crippen MR) is 77.6 cm³/mol. The van der Waals surface area contributed by atoms with E-state index in [4.69, 9.17) is 4.99 Å². The van der Waals surface area contributed by atoms with E-state index >= 15 is 0 Å². The van der Waals surface area contributed by atoms with Gasteiger partial charge in [-0.25, -0.2) is 0 Å². The van der Waals surface area contributed by atoms with Crippen molar-refractivity contribution in [1.82, 2.24) is 10.6 Å². The first kappa shape index (κ1) is 12.8. The van der Waals surface area contributed by atoms with Gasteiger partial charge in [0, 0.05) is 24.2 Å². The first-order valence-electron chi connectivity index (χ1n) is 6.50. The second-order valence-corrected chi connectivity index (χ2v) is 4.61. The van der Waals surface area contributed by atoms with E-state index in [0.29, 0.717) is 0 Å². The van der Waals surface area contributed by atoms with E-state index in [0.717, 1.165) is 25.2 Å². The summed E-state index contributed by atoms with van der Waals surface area (Å²) in [5.74, 6) is 0.276. The summed E-state index contributed by atoms with van der Waals surface area (Å²) in [6.07, 6.45) is 13.8. The van der Waals surface area contributed by atoms with Crippen molar-refractivity contribution in [3.8, 4) is 0 Å². The number of fused-ring (bicyclic) bond motifs is 1. The van der Waals surface area contributed by atoms with E-state index in [-0.39, 0.29) is 5.92 Å². The van der Waals surface area contributed by atoms with Crippen LogP contribution in [0, 0.1) is 5.92 Å². The predicted octanol–water partition coefficient (Wildman–Crippen LogP) is 2.17. The van der Waals surface area contributed by atoms with Crippen LogP contribution in [-0.4, -0.2) is 25.8 Å². The van der Waals surface area contributed by atoms with Crippen LogP contribution in [0.2, 0.25) is 0 Å². The summed E-state index contributed by atoms with van der Waals surface area (Å²) < 4.78 is 0. The van der Waals surface area contributed by atoms with Crippen molar-refractivity contribution in [2.24, 2.45) is 10.9 Å². The molecule has 0 fully saturated rings. The molecule has 2 N–H and O–H groups in total. The monoisotopic (exact) mass is 243 g/mol. The molecule has 0 bridgehead atoms. The third-order valence-electron chi connectivity index (χ3n) is 3.08. The third kappa shape index (κ3) is 3.20. The van der Waals surface area contributed by atoms with Crippen LogP contribution in [0.25, 0.3) is 0 Å². The van der Waals surface area contributed by atoms with Crippen molar-refractivity contribution >= 4 is 5.71 Å². The molecule has 1 aliphatic heterocycles. The van der Waals surface area contributed by atoms with E-state index in [1.165, 1.54) is 11.3 Å². The van der Waals surface area contributed by atoms with Gasteiger partial charge in [0.25, 0.3) is 0 Å². The van der Waals surface area contributed by atoms with E-state index in [1.54, 1.807) is 0 Å². The van der Waals surface area contributed by atoms with Gasteiger partial charge in [-0.2, -0.15) is 0 Å². The molecule has 1 atom stereocenters. The standard InChI is InChI=1S/C15H21N3/c1-12-5-3-6-13-14(17-9-4-8-16-2)7-10-18-15(13)11-12/h3,5-7,10-11,13,16,18H,4,8-9H2,1-2H3. The highest BCUT2D eigenvalue weighted by atomic mass is 14.9. The van der Waals surface area contributed by atoms with Crippen molar-refractivity contribution in [3.05, 3.63) is 47.9 Å². The Morgan fingerprint density at radius 3 is 3.17 bits per heavy atom. The van der Waals surface area contributed by atoms with Gasteiger partial charge in [-0.05, 0) is 44.7 Å². The van der Waals surface area contributed by atoms with Gasteiger partial charge in [-0.1, -0.05) is 18.2 Å². The van der Waals surface area contributed by atoms with Crippen LogP contribution < -0.4 is 10.6 Å². The number of hydrogen-bond acceptors (Lipinski definition) is 3. The molecular weight excluding hydrogens is 222 g/mol. The van der Waals surface area contributed by atoms with Crippen LogP contribution in [0.3, 0.4) is 0 Å².